The number of amides is 1. The molecule has 1 saturated heterocycles. The summed E-state index contributed by atoms with van der Waals surface area (Å²) in [5.41, 5.74) is 2.86. The molecule has 1 aliphatic rings. The van der Waals surface area contributed by atoms with Crippen LogP contribution in [0, 0.1) is 13.8 Å². The van der Waals surface area contributed by atoms with Crippen molar-refractivity contribution in [3.05, 3.63) is 61.8 Å². The first kappa shape index (κ1) is 18.8. The molecule has 0 radical (unpaired) electrons. The van der Waals surface area contributed by atoms with Crippen LogP contribution in [0.3, 0.4) is 0 Å². The van der Waals surface area contributed by atoms with E-state index in [1.807, 2.05) is 37.6 Å². The molecule has 0 saturated carbocycles. The van der Waals surface area contributed by atoms with Crippen molar-refractivity contribution in [1.29, 1.82) is 0 Å². The van der Waals surface area contributed by atoms with Crippen molar-refractivity contribution in [3.8, 4) is 0 Å². The summed E-state index contributed by atoms with van der Waals surface area (Å²) in [7, 11) is 0. The molecule has 2 aromatic heterocycles. The van der Waals surface area contributed by atoms with Crippen LogP contribution < -0.4 is 5.43 Å². The average Bonchev–Trinajstić information content (AvgIpc) is 3.23. The van der Waals surface area contributed by atoms with Crippen LogP contribution in [-0.4, -0.2) is 51.9 Å². The number of rotatable bonds is 3. The predicted molar refractivity (Wildman–Crippen MR) is 112 cm³/mol. The third-order valence-corrected chi connectivity index (χ3v) is 6.46. The van der Waals surface area contributed by atoms with Gasteiger partial charge in [-0.05, 0) is 38.0 Å². The standard InChI is InChI=1S/C21H24N4O2S/c1-13-10-14(2)18-16(11-13)19(26)17(12-23-18)21(27)25-7-5-24(6-8-25)15(3)20-22-4-9-28-20/h4,9-12,15H,5-8H2,1-3H3,(H,23,26). The van der Waals surface area contributed by atoms with E-state index < -0.39 is 0 Å². The quantitative estimate of drug-likeness (QED) is 0.739. The lowest BCUT2D eigenvalue weighted by atomic mass is 10.0. The van der Waals surface area contributed by atoms with E-state index in [0.717, 1.165) is 34.7 Å². The van der Waals surface area contributed by atoms with Gasteiger partial charge in [-0.1, -0.05) is 6.07 Å². The molecule has 1 aromatic carbocycles. The van der Waals surface area contributed by atoms with Gasteiger partial charge in [-0.3, -0.25) is 14.5 Å². The first-order chi connectivity index (χ1) is 13.5. The number of aromatic amines is 1. The topological polar surface area (TPSA) is 69.3 Å². The third-order valence-electron chi connectivity index (χ3n) is 5.52. The average molecular weight is 397 g/mol. The Bertz CT molecular complexity index is 1070. The number of fused-ring (bicyclic) bond motifs is 1. The van der Waals surface area contributed by atoms with Crippen molar-refractivity contribution >= 4 is 28.1 Å². The zero-order valence-corrected chi connectivity index (χ0v) is 17.2. The van der Waals surface area contributed by atoms with Crippen molar-refractivity contribution < 1.29 is 4.79 Å². The Morgan fingerprint density at radius 3 is 2.64 bits per heavy atom. The Morgan fingerprint density at radius 2 is 1.96 bits per heavy atom. The van der Waals surface area contributed by atoms with Gasteiger partial charge in [0.15, 0.2) is 0 Å². The second kappa shape index (κ2) is 7.48. The number of aryl methyl sites for hydroxylation is 2. The summed E-state index contributed by atoms with van der Waals surface area (Å²) in [6.45, 7) is 8.85. The molecule has 0 aliphatic carbocycles. The highest BCUT2D eigenvalue weighted by atomic mass is 32.1. The number of nitrogens with one attached hydrogen (secondary N) is 1. The highest BCUT2D eigenvalue weighted by Crippen LogP contribution is 2.23. The number of carbonyl (C=O) groups excluding carboxylic acids is 1. The van der Waals surface area contributed by atoms with E-state index in [9.17, 15) is 9.59 Å². The molecule has 1 fully saturated rings. The molecule has 0 bridgehead atoms. The molecule has 28 heavy (non-hydrogen) atoms. The van der Waals surface area contributed by atoms with Gasteiger partial charge in [-0.25, -0.2) is 4.98 Å². The fourth-order valence-corrected chi connectivity index (χ4v) is 4.66. The number of aromatic nitrogens is 2. The molecule has 4 rings (SSSR count). The summed E-state index contributed by atoms with van der Waals surface area (Å²) in [6, 6.07) is 4.13. The minimum absolute atomic E-state index is 0.191. The number of carbonyl (C=O) groups is 1. The zero-order valence-electron chi connectivity index (χ0n) is 16.4. The molecule has 0 spiro atoms. The fraction of sp³-hybridized carbons (Fsp3) is 0.381. The first-order valence-corrected chi connectivity index (χ1v) is 10.4. The molecule has 1 unspecified atom stereocenters. The third kappa shape index (κ3) is 3.36. The fourth-order valence-electron chi connectivity index (χ4n) is 3.93. The summed E-state index contributed by atoms with van der Waals surface area (Å²) < 4.78 is 0. The molecule has 1 amide bonds. The SMILES string of the molecule is Cc1cc(C)c2[nH]cc(C(=O)N3CCN(C(C)c4nccs4)CC3)c(=O)c2c1. The van der Waals surface area contributed by atoms with Crippen LogP contribution in [0.1, 0.15) is 39.5 Å². The molecule has 1 aliphatic heterocycles. The molecule has 7 heteroatoms. The monoisotopic (exact) mass is 396 g/mol. The molecule has 6 nitrogen and oxygen atoms in total. The van der Waals surface area contributed by atoms with Crippen LogP contribution in [0.15, 0.2) is 34.7 Å². The smallest absolute Gasteiger partial charge is 0.259 e. The lowest BCUT2D eigenvalue weighted by molar-refractivity contribution is 0.0580. The van der Waals surface area contributed by atoms with Crippen molar-refractivity contribution in [3.63, 3.8) is 0 Å². The maximum absolute atomic E-state index is 13.0. The lowest BCUT2D eigenvalue weighted by Gasteiger charge is -2.37. The van der Waals surface area contributed by atoms with Gasteiger partial charge in [0, 0.05) is 49.3 Å². The van der Waals surface area contributed by atoms with Crippen LogP contribution in [0.5, 0.6) is 0 Å². The Hall–Kier alpha value is -2.51. The zero-order chi connectivity index (χ0) is 19.8. The second-order valence-corrected chi connectivity index (χ2v) is 8.34. The number of thiazole rings is 1. The van der Waals surface area contributed by atoms with Gasteiger partial charge in [0.25, 0.3) is 5.91 Å². The van der Waals surface area contributed by atoms with E-state index >= 15 is 0 Å². The van der Waals surface area contributed by atoms with Gasteiger partial charge in [0.05, 0.1) is 11.6 Å². The number of nitrogens with zero attached hydrogens (tertiary/aromatic N) is 3. The Kier molecular flexibility index (Phi) is 5.03. The Labute approximate surface area is 167 Å². The summed E-state index contributed by atoms with van der Waals surface area (Å²) in [4.78, 5) is 37.6. The highest BCUT2D eigenvalue weighted by molar-refractivity contribution is 7.09. The van der Waals surface area contributed by atoms with E-state index in [-0.39, 0.29) is 22.9 Å². The van der Waals surface area contributed by atoms with Gasteiger partial charge in [-0.2, -0.15) is 0 Å². The minimum Gasteiger partial charge on any atom is -0.360 e. The van der Waals surface area contributed by atoms with Crippen molar-refractivity contribution in [2.75, 3.05) is 26.2 Å². The Morgan fingerprint density at radius 1 is 1.21 bits per heavy atom. The first-order valence-electron chi connectivity index (χ1n) is 9.51. The van der Waals surface area contributed by atoms with Crippen LogP contribution in [0.4, 0.5) is 0 Å². The summed E-state index contributed by atoms with van der Waals surface area (Å²) in [5, 5.41) is 3.66. The van der Waals surface area contributed by atoms with Crippen molar-refractivity contribution in [2.24, 2.45) is 0 Å². The van der Waals surface area contributed by atoms with Crippen LogP contribution in [0.25, 0.3) is 10.9 Å². The van der Waals surface area contributed by atoms with Gasteiger partial charge in [0.1, 0.15) is 10.6 Å². The molecular formula is C21H24N4O2S. The van der Waals surface area contributed by atoms with Gasteiger partial charge in [0.2, 0.25) is 5.43 Å². The number of benzene rings is 1. The van der Waals surface area contributed by atoms with Crippen molar-refractivity contribution in [1.82, 2.24) is 19.8 Å². The van der Waals surface area contributed by atoms with E-state index in [1.54, 1.807) is 22.4 Å². The predicted octanol–water partition coefficient (Wildman–Crippen LogP) is 3.12. The van der Waals surface area contributed by atoms with Gasteiger partial charge in [-0.15, -0.1) is 11.3 Å². The summed E-state index contributed by atoms with van der Waals surface area (Å²) in [5.74, 6) is -0.191. The van der Waals surface area contributed by atoms with Crippen LogP contribution in [-0.2, 0) is 0 Å². The largest absolute Gasteiger partial charge is 0.360 e. The highest BCUT2D eigenvalue weighted by Gasteiger charge is 2.27. The number of hydrogen-bond acceptors (Lipinski definition) is 5. The second-order valence-electron chi connectivity index (χ2n) is 7.41. The van der Waals surface area contributed by atoms with E-state index in [1.165, 1.54) is 0 Å². The minimum atomic E-state index is -0.191. The normalized spacial score (nSPS) is 16.5. The molecule has 3 aromatic rings. The molecular weight excluding hydrogens is 372 g/mol. The van der Waals surface area contributed by atoms with Gasteiger partial charge >= 0.3 is 0 Å². The maximum Gasteiger partial charge on any atom is 0.259 e. The number of H-pyrrole nitrogens is 1. The van der Waals surface area contributed by atoms with Gasteiger partial charge < -0.3 is 9.88 Å². The summed E-state index contributed by atoms with van der Waals surface area (Å²) in [6.07, 6.45) is 3.39. The molecule has 146 valence electrons. The number of pyridine rings is 1. The van der Waals surface area contributed by atoms with Crippen LogP contribution in [0.2, 0.25) is 0 Å². The molecule has 3 heterocycles. The molecule has 1 atom stereocenters. The summed E-state index contributed by atoms with van der Waals surface area (Å²) >= 11 is 1.66. The van der Waals surface area contributed by atoms with Crippen molar-refractivity contribution in [2.45, 2.75) is 26.8 Å². The molecule has 1 N–H and O–H groups in total. The Balaban J connectivity index is 1.53. The number of hydrogen-bond donors (Lipinski definition) is 1. The van der Waals surface area contributed by atoms with Crippen LogP contribution >= 0.6 is 11.3 Å². The lowest BCUT2D eigenvalue weighted by Crippen LogP contribution is -2.50. The maximum atomic E-state index is 13.0. The van der Waals surface area contributed by atoms with E-state index in [4.69, 9.17) is 0 Å². The number of piperazine rings is 1. The van der Waals surface area contributed by atoms with E-state index in [2.05, 4.69) is 21.8 Å². The van der Waals surface area contributed by atoms with E-state index in [0.29, 0.717) is 18.5 Å².